The van der Waals surface area contributed by atoms with Gasteiger partial charge in [-0.05, 0) is 55.7 Å². The van der Waals surface area contributed by atoms with E-state index in [1.807, 2.05) is 6.92 Å². The van der Waals surface area contributed by atoms with Crippen LogP contribution in [0.15, 0.2) is 42.5 Å². The summed E-state index contributed by atoms with van der Waals surface area (Å²) in [6.45, 7) is 2.05. The minimum Gasteiger partial charge on any atom is -0.490 e. The Balaban J connectivity index is 1.90. The molecule has 2 aromatic rings. The first kappa shape index (κ1) is 13.2. The van der Waals surface area contributed by atoms with Crippen molar-refractivity contribution < 1.29 is 4.74 Å². The highest BCUT2D eigenvalue weighted by Gasteiger charge is 2.15. The first-order valence-corrected chi connectivity index (χ1v) is 7.69. The summed E-state index contributed by atoms with van der Waals surface area (Å²) in [6, 6.07) is 12.9. The van der Waals surface area contributed by atoms with Crippen LogP contribution in [-0.4, -0.2) is 6.10 Å². The largest absolute Gasteiger partial charge is 0.490 e. The molecule has 0 aliphatic heterocycles. The van der Waals surface area contributed by atoms with Crippen LogP contribution in [0, 0.1) is 0 Å². The third-order valence-corrected chi connectivity index (χ3v) is 4.07. The summed E-state index contributed by atoms with van der Waals surface area (Å²) in [7, 11) is 0. The first-order chi connectivity index (χ1) is 9.86. The molecule has 3 rings (SSSR count). The maximum Gasteiger partial charge on any atom is 0.127 e. The monoisotopic (exact) mass is 266 g/mol. The second-order valence-corrected chi connectivity index (χ2v) is 5.61. The summed E-state index contributed by atoms with van der Waals surface area (Å²) in [6.07, 6.45) is 11.0. The summed E-state index contributed by atoms with van der Waals surface area (Å²) in [5, 5.41) is 2.49. The van der Waals surface area contributed by atoms with Crippen molar-refractivity contribution in [2.24, 2.45) is 0 Å². The van der Waals surface area contributed by atoms with Crippen molar-refractivity contribution in [3.05, 3.63) is 48.0 Å². The predicted molar refractivity (Wildman–Crippen MR) is 86.2 cm³/mol. The number of rotatable bonds is 3. The zero-order valence-corrected chi connectivity index (χ0v) is 12.1. The van der Waals surface area contributed by atoms with Crippen molar-refractivity contribution in [3.8, 4) is 5.75 Å². The highest BCUT2D eigenvalue weighted by Crippen LogP contribution is 2.30. The van der Waals surface area contributed by atoms with E-state index >= 15 is 0 Å². The van der Waals surface area contributed by atoms with Gasteiger partial charge in [0.15, 0.2) is 0 Å². The number of allylic oxidation sites excluding steroid dienone is 1. The third-order valence-electron chi connectivity index (χ3n) is 4.07. The smallest absolute Gasteiger partial charge is 0.127 e. The first-order valence-electron chi connectivity index (χ1n) is 7.69. The lowest BCUT2D eigenvalue weighted by Crippen LogP contribution is -2.19. The Bertz CT molecular complexity index is 606. The number of ether oxygens (including phenoxy) is 1. The van der Waals surface area contributed by atoms with E-state index in [0.29, 0.717) is 6.10 Å². The molecule has 1 nitrogen and oxygen atoms in total. The van der Waals surface area contributed by atoms with Crippen molar-refractivity contribution in [3.63, 3.8) is 0 Å². The van der Waals surface area contributed by atoms with Gasteiger partial charge < -0.3 is 4.74 Å². The molecule has 20 heavy (non-hydrogen) atoms. The fourth-order valence-corrected chi connectivity index (χ4v) is 3.03. The van der Waals surface area contributed by atoms with Crippen molar-refractivity contribution in [2.45, 2.75) is 45.1 Å². The molecule has 0 bridgehead atoms. The van der Waals surface area contributed by atoms with E-state index in [1.54, 1.807) is 0 Å². The number of benzene rings is 2. The Kier molecular flexibility index (Phi) is 4.05. The molecule has 0 N–H and O–H groups in total. The maximum absolute atomic E-state index is 6.25. The molecule has 0 atom stereocenters. The van der Waals surface area contributed by atoms with E-state index in [-0.39, 0.29) is 0 Å². The second kappa shape index (κ2) is 6.13. The molecule has 1 saturated carbocycles. The van der Waals surface area contributed by atoms with Gasteiger partial charge in [-0.15, -0.1) is 0 Å². The normalized spacial score (nSPS) is 16.9. The molecule has 1 aliphatic rings. The van der Waals surface area contributed by atoms with Crippen LogP contribution < -0.4 is 4.74 Å². The molecule has 2 aromatic carbocycles. The standard InChI is InChI=1S/C19H22O/c1-2-7-15-12-13-18-16(14-15)8-6-11-19(18)20-17-9-4-3-5-10-17/h2,6-8,11-14,17H,3-5,9-10H2,1H3/b7-2-. The number of hydrogen-bond donors (Lipinski definition) is 0. The summed E-state index contributed by atoms with van der Waals surface area (Å²) in [5.74, 6) is 1.04. The molecule has 1 heteroatoms. The summed E-state index contributed by atoms with van der Waals surface area (Å²) >= 11 is 0. The van der Waals surface area contributed by atoms with Gasteiger partial charge >= 0.3 is 0 Å². The van der Waals surface area contributed by atoms with Gasteiger partial charge in [-0.1, -0.05) is 42.8 Å². The molecule has 0 radical (unpaired) electrons. The summed E-state index contributed by atoms with van der Waals surface area (Å²) in [5.41, 5.74) is 1.25. The Morgan fingerprint density at radius 3 is 2.70 bits per heavy atom. The van der Waals surface area contributed by atoms with Crippen LogP contribution in [0.2, 0.25) is 0 Å². The summed E-state index contributed by atoms with van der Waals surface area (Å²) in [4.78, 5) is 0. The highest BCUT2D eigenvalue weighted by atomic mass is 16.5. The Morgan fingerprint density at radius 1 is 1.05 bits per heavy atom. The van der Waals surface area contributed by atoms with Crippen LogP contribution >= 0.6 is 0 Å². The highest BCUT2D eigenvalue weighted by molar-refractivity contribution is 5.90. The van der Waals surface area contributed by atoms with E-state index in [0.717, 1.165) is 5.75 Å². The van der Waals surface area contributed by atoms with Crippen molar-refractivity contribution in [2.75, 3.05) is 0 Å². The van der Waals surface area contributed by atoms with Gasteiger partial charge in [0.25, 0.3) is 0 Å². The molecule has 0 amide bonds. The lowest BCUT2D eigenvalue weighted by molar-refractivity contribution is 0.157. The summed E-state index contributed by atoms with van der Waals surface area (Å²) < 4.78 is 6.25. The van der Waals surface area contributed by atoms with E-state index in [4.69, 9.17) is 4.74 Å². The van der Waals surface area contributed by atoms with Crippen LogP contribution in [0.5, 0.6) is 5.75 Å². The SMILES string of the molecule is C/C=C\c1ccc2c(OC3CCCCC3)cccc2c1. The quantitative estimate of drug-likeness (QED) is 0.704. The average molecular weight is 266 g/mol. The minimum absolute atomic E-state index is 0.407. The second-order valence-electron chi connectivity index (χ2n) is 5.61. The van der Waals surface area contributed by atoms with E-state index < -0.39 is 0 Å². The molecule has 0 saturated heterocycles. The van der Waals surface area contributed by atoms with E-state index in [1.165, 1.54) is 48.4 Å². The molecule has 1 aliphatic carbocycles. The van der Waals surface area contributed by atoms with Gasteiger partial charge in [-0.3, -0.25) is 0 Å². The Labute approximate surface area is 121 Å². The van der Waals surface area contributed by atoms with Crippen LogP contribution in [0.25, 0.3) is 16.8 Å². The van der Waals surface area contributed by atoms with Crippen molar-refractivity contribution in [1.82, 2.24) is 0 Å². The van der Waals surface area contributed by atoms with E-state index in [2.05, 4.69) is 48.6 Å². The Hall–Kier alpha value is -1.76. The average Bonchev–Trinajstić information content (AvgIpc) is 2.49. The molecular formula is C19H22O. The lowest BCUT2D eigenvalue weighted by Gasteiger charge is -2.23. The topological polar surface area (TPSA) is 9.23 Å². The molecule has 1 fully saturated rings. The van der Waals surface area contributed by atoms with Gasteiger partial charge in [0.2, 0.25) is 0 Å². The van der Waals surface area contributed by atoms with Crippen LogP contribution in [-0.2, 0) is 0 Å². The van der Waals surface area contributed by atoms with Gasteiger partial charge in [-0.2, -0.15) is 0 Å². The van der Waals surface area contributed by atoms with E-state index in [9.17, 15) is 0 Å². The molecule has 0 heterocycles. The number of fused-ring (bicyclic) bond motifs is 1. The maximum atomic E-state index is 6.25. The van der Waals surface area contributed by atoms with Gasteiger partial charge in [-0.25, -0.2) is 0 Å². The van der Waals surface area contributed by atoms with Crippen molar-refractivity contribution >= 4 is 16.8 Å². The van der Waals surface area contributed by atoms with Crippen LogP contribution in [0.3, 0.4) is 0 Å². The lowest BCUT2D eigenvalue weighted by atomic mass is 9.97. The molecule has 0 unspecified atom stereocenters. The minimum atomic E-state index is 0.407. The number of hydrogen-bond acceptors (Lipinski definition) is 1. The molecule has 0 spiro atoms. The zero-order chi connectivity index (χ0) is 13.8. The fourth-order valence-electron chi connectivity index (χ4n) is 3.03. The Morgan fingerprint density at radius 2 is 1.90 bits per heavy atom. The van der Waals surface area contributed by atoms with Gasteiger partial charge in [0.05, 0.1) is 6.10 Å². The van der Waals surface area contributed by atoms with Crippen LogP contribution in [0.4, 0.5) is 0 Å². The van der Waals surface area contributed by atoms with Gasteiger partial charge in [0.1, 0.15) is 5.75 Å². The predicted octanol–water partition coefficient (Wildman–Crippen LogP) is 5.58. The molecule has 0 aromatic heterocycles. The van der Waals surface area contributed by atoms with Crippen molar-refractivity contribution in [1.29, 1.82) is 0 Å². The molecule has 104 valence electrons. The van der Waals surface area contributed by atoms with Gasteiger partial charge in [0, 0.05) is 5.39 Å². The van der Waals surface area contributed by atoms with Crippen LogP contribution in [0.1, 0.15) is 44.6 Å². The molecular weight excluding hydrogens is 244 g/mol. The third kappa shape index (κ3) is 2.87. The zero-order valence-electron chi connectivity index (χ0n) is 12.1. The fraction of sp³-hybridized carbons (Fsp3) is 0.368.